The molecule has 0 spiro atoms. The van der Waals surface area contributed by atoms with Gasteiger partial charge in [0.25, 0.3) is 5.69 Å². The Morgan fingerprint density at radius 1 is 1.42 bits per heavy atom. The molecule has 100 valence electrons. The smallest absolute Gasteiger partial charge is 0.292 e. The fourth-order valence-electron chi connectivity index (χ4n) is 1.70. The molecule has 1 aromatic heterocycles. The number of rotatable bonds is 5. The predicted octanol–water partition coefficient (Wildman–Crippen LogP) is 3.59. The van der Waals surface area contributed by atoms with E-state index in [-0.39, 0.29) is 5.69 Å². The topological polar surface area (TPSA) is 64.4 Å². The molecule has 0 fully saturated rings. The summed E-state index contributed by atoms with van der Waals surface area (Å²) < 4.78 is 5.09. The highest BCUT2D eigenvalue weighted by Gasteiger charge is 2.14. The molecule has 6 heteroatoms. The van der Waals surface area contributed by atoms with Crippen molar-refractivity contribution in [3.8, 4) is 5.75 Å². The molecule has 1 heterocycles. The third-order valence-electron chi connectivity index (χ3n) is 2.83. The van der Waals surface area contributed by atoms with E-state index in [1.165, 1.54) is 18.7 Å². The van der Waals surface area contributed by atoms with Crippen LogP contribution in [0.1, 0.15) is 11.1 Å². The normalized spacial score (nSPS) is 10.2. The lowest BCUT2D eigenvalue weighted by Crippen LogP contribution is -2.03. The lowest BCUT2D eigenvalue weighted by molar-refractivity contribution is -0.384. The number of benzene rings is 1. The fourth-order valence-corrected chi connectivity index (χ4v) is 2.56. The van der Waals surface area contributed by atoms with E-state index < -0.39 is 4.92 Å². The van der Waals surface area contributed by atoms with Crippen LogP contribution in [0.3, 0.4) is 0 Å². The van der Waals surface area contributed by atoms with E-state index in [1.807, 2.05) is 12.3 Å². The number of nitro groups is 1. The van der Waals surface area contributed by atoms with E-state index in [0.717, 1.165) is 5.56 Å². The molecule has 19 heavy (non-hydrogen) atoms. The molecule has 1 aromatic carbocycles. The Morgan fingerprint density at radius 3 is 2.79 bits per heavy atom. The van der Waals surface area contributed by atoms with Crippen LogP contribution >= 0.6 is 11.3 Å². The van der Waals surface area contributed by atoms with Crippen LogP contribution in [0.4, 0.5) is 11.4 Å². The Kier molecular flexibility index (Phi) is 4.01. The minimum atomic E-state index is -0.401. The quantitative estimate of drug-likeness (QED) is 0.670. The molecule has 0 aliphatic carbocycles. The van der Waals surface area contributed by atoms with Crippen molar-refractivity contribution < 1.29 is 9.66 Å². The third-order valence-corrected chi connectivity index (χ3v) is 3.74. The van der Waals surface area contributed by atoms with Gasteiger partial charge in [0.15, 0.2) is 0 Å². The molecule has 0 aliphatic heterocycles. The molecule has 0 amide bonds. The fraction of sp³-hybridized carbons (Fsp3) is 0.231. The van der Waals surface area contributed by atoms with Gasteiger partial charge in [-0.1, -0.05) is 0 Å². The van der Waals surface area contributed by atoms with E-state index in [4.69, 9.17) is 4.74 Å². The summed E-state index contributed by atoms with van der Waals surface area (Å²) >= 11 is 1.62. The molecule has 0 saturated carbocycles. The number of thiophene rings is 1. The second-order valence-corrected chi connectivity index (χ2v) is 4.82. The Balaban J connectivity index is 2.22. The van der Waals surface area contributed by atoms with E-state index in [1.54, 1.807) is 23.5 Å². The molecule has 0 atom stereocenters. The Labute approximate surface area is 115 Å². The van der Waals surface area contributed by atoms with Crippen molar-refractivity contribution in [1.29, 1.82) is 0 Å². The number of nitrogens with zero attached hydrogens (tertiary/aromatic N) is 1. The first-order valence-electron chi connectivity index (χ1n) is 5.70. The molecular formula is C13H14N2O3S. The maximum atomic E-state index is 11.0. The van der Waals surface area contributed by atoms with Crippen molar-refractivity contribution in [2.45, 2.75) is 13.5 Å². The molecule has 0 aliphatic rings. The first-order valence-corrected chi connectivity index (χ1v) is 6.64. The van der Waals surface area contributed by atoms with Crippen LogP contribution in [0.15, 0.2) is 29.0 Å². The van der Waals surface area contributed by atoms with Gasteiger partial charge >= 0.3 is 0 Å². The maximum Gasteiger partial charge on any atom is 0.292 e. The Hall–Kier alpha value is -2.08. The van der Waals surface area contributed by atoms with Crippen LogP contribution in [-0.2, 0) is 6.54 Å². The van der Waals surface area contributed by atoms with Crippen molar-refractivity contribution in [2.75, 3.05) is 12.4 Å². The van der Waals surface area contributed by atoms with Gasteiger partial charge in [0, 0.05) is 18.7 Å². The van der Waals surface area contributed by atoms with E-state index in [9.17, 15) is 10.1 Å². The van der Waals surface area contributed by atoms with Crippen LogP contribution in [0.5, 0.6) is 5.75 Å². The molecule has 1 N–H and O–H groups in total. The zero-order valence-electron chi connectivity index (χ0n) is 10.7. The van der Waals surface area contributed by atoms with Crippen molar-refractivity contribution in [2.24, 2.45) is 0 Å². The lowest BCUT2D eigenvalue weighted by Gasteiger charge is -2.08. The van der Waals surface area contributed by atoms with Gasteiger partial charge in [0.1, 0.15) is 11.4 Å². The number of hydrogen-bond donors (Lipinski definition) is 1. The number of nitro benzene ring substituents is 1. The van der Waals surface area contributed by atoms with Crippen LogP contribution < -0.4 is 10.1 Å². The molecule has 5 nitrogen and oxygen atoms in total. The second kappa shape index (κ2) is 5.71. The zero-order chi connectivity index (χ0) is 13.8. The highest BCUT2D eigenvalue weighted by Crippen LogP contribution is 2.29. The molecule has 0 radical (unpaired) electrons. The number of hydrogen-bond acceptors (Lipinski definition) is 5. The van der Waals surface area contributed by atoms with Gasteiger partial charge in [0.05, 0.1) is 12.0 Å². The third kappa shape index (κ3) is 3.03. The summed E-state index contributed by atoms with van der Waals surface area (Å²) in [6.45, 7) is 2.58. The maximum absolute atomic E-state index is 11.0. The summed E-state index contributed by atoms with van der Waals surface area (Å²) in [7, 11) is 1.54. The monoisotopic (exact) mass is 278 g/mol. The standard InChI is InChI=1S/C13H14N2O3S/c1-9-7-19-8-10(9)6-14-12-5-11(18-2)3-4-13(12)15(16)17/h3-5,7-8,14H,6H2,1-2H3. The van der Waals surface area contributed by atoms with E-state index in [2.05, 4.69) is 10.7 Å². The summed E-state index contributed by atoms with van der Waals surface area (Å²) in [5, 5.41) is 18.2. The van der Waals surface area contributed by atoms with Gasteiger partial charge in [0.2, 0.25) is 0 Å². The van der Waals surface area contributed by atoms with Crippen molar-refractivity contribution in [3.05, 3.63) is 50.2 Å². The van der Waals surface area contributed by atoms with E-state index in [0.29, 0.717) is 18.0 Å². The van der Waals surface area contributed by atoms with Gasteiger partial charge in [-0.2, -0.15) is 11.3 Å². The average molecular weight is 278 g/mol. The number of aryl methyl sites for hydroxylation is 1. The summed E-state index contributed by atoms with van der Waals surface area (Å²) in [6, 6.07) is 4.67. The van der Waals surface area contributed by atoms with Crippen LogP contribution in [0.25, 0.3) is 0 Å². The molecule has 2 rings (SSSR count). The van der Waals surface area contributed by atoms with Gasteiger partial charge in [-0.25, -0.2) is 0 Å². The summed E-state index contributed by atoms with van der Waals surface area (Å²) in [5.41, 5.74) is 2.84. The van der Waals surface area contributed by atoms with Gasteiger partial charge in [-0.3, -0.25) is 10.1 Å². The minimum absolute atomic E-state index is 0.0497. The summed E-state index contributed by atoms with van der Waals surface area (Å²) in [6.07, 6.45) is 0. The molecular weight excluding hydrogens is 264 g/mol. The number of methoxy groups -OCH3 is 1. The summed E-state index contributed by atoms with van der Waals surface area (Å²) in [5.74, 6) is 0.593. The lowest BCUT2D eigenvalue weighted by atomic mass is 10.2. The van der Waals surface area contributed by atoms with Crippen LogP contribution in [-0.4, -0.2) is 12.0 Å². The minimum Gasteiger partial charge on any atom is -0.497 e. The highest BCUT2D eigenvalue weighted by atomic mass is 32.1. The second-order valence-electron chi connectivity index (χ2n) is 4.07. The first-order chi connectivity index (χ1) is 9.11. The highest BCUT2D eigenvalue weighted by molar-refractivity contribution is 7.08. The van der Waals surface area contributed by atoms with E-state index >= 15 is 0 Å². The first kappa shape index (κ1) is 13.4. The van der Waals surface area contributed by atoms with Crippen LogP contribution in [0, 0.1) is 17.0 Å². The Morgan fingerprint density at radius 2 is 2.21 bits per heavy atom. The number of anilines is 1. The van der Waals surface area contributed by atoms with Gasteiger partial charge in [-0.05, 0) is 34.9 Å². The summed E-state index contributed by atoms with van der Waals surface area (Å²) in [4.78, 5) is 10.6. The SMILES string of the molecule is COc1ccc([N+](=O)[O-])c(NCc2cscc2C)c1. The van der Waals surface area contributed by atoms with Gasteiger partial charge < -0.3 is 10.1 Å². The largest absolute Gasteiger partial charge is 0.497 e. The molecule has 0 unspecified atom stereocenters. The zero-order valence-corrected chi connectivity index (χ0v) is 11.5. The van der Waals surface area contributed by atoms with Crippen molar-refractivity contribution in [3.63, 3.8) is 0 Å². The predicted molar refractivity (Wildman–Crippen MR) is 76.0 cm³/mol. The number of ether oxygens (including phenoxy) is 1. The molecule has 2 aromatic rings. The van der Waals surface area contributed by atoms with Gasteiger partial charge in [-0.15, -0.1) is 0 Å². The molecule has 0 bridgehead atoms. The molecule has 0 saturated heterocycles. The number of nitrogens with one attached hydrogen (secondary N) is 1. The van der Waals surface area contributed by atoms with Crippen LogP contribution in [0.2, 0.25) is 0 Å². The van der Waals surface area contributed by atoms with Crippen molar-refractivity contribution in [1.82, 2.24) is 0 Å². The van der Waals surface area contributed by atoms with Crippen molar-refractivity contribution >= 4 is 22.7 Å². The average Bonchev–Trinajstić information content (AvgIpc) is 2.81. The Bertz CT molecular complexity index is 595.